The third-order valence-electron chi connectivity index (χ3n) is 4.68. The predicted octanol–water partition coefficient (Wildman–Crippen LogP) is 1.52. The van der Waals surface area contributed by atoms with E-state index >= 15 is 0 Å². The second kappa shape index (κ2) is 7.39. The van der Waals surface area contributed by atoms with Crippen LogP contribution in [0.4, 0.5) is 4.39 Å². The number of nitrogens with zero attached hydrogens (tertiary/aromatic N) is 1. The van der Waals surface area contributed by atoms with E-state index in [0.717, 1.165) is 18.6 Å². The second-order valence-electron chi connectivity index (χ2n) is 6.51. The van der Waals surface area contributed by atoms with Crippen LogP contribution in [-0.2, 0) is 19.6 Å². The Morgan fingerprint density at radius 1 is 1.28 bits per heavy atom. The number of hydrogen-bond donors (Lipinski definition) is 1. The lowest BCUT2D eigenvalue weighted by Crippen LogP contribution is -2.47. The molecule has 1 heterocycles. The van der Waals surface area contributed by atoms with Crippen molar-refractivity contribution in [2.24, 2.45) is 5.92 Å². The average molecular weight is 370 g/mol. The summed E-state index contributed by atoms with van der Waals surface area (Å²) in [6.45, 7) is 3.59. The van der Waals surface area contributed by atoms with Crippen LogP contribution in [-0.4, -0.2) is 51.1 Å². The number of carbonyl (C=O) groups excluding carboxylic acids is 1. The fourth-order valence-electron chi connectivity index (χ4n) is 3.18. The van der Waals surface area contributed by atoms with E-state index in [9.17, 15) is 17.6 Å². The zero-order chi connectivity index (χ0) is 18.0. The van der Waals surface area contributed by atoms with Gasteiger partial charge in [0.1, 0.15) is 5.82 Å². The molecule has 1 aromatic carbocycles. The molecule has 0 radical (unpaired) electrons. The molecule has 1 saturated heterocycles. The fourth-order valence-corrected chi connectivity index (χ4v) is 4.49. The van der Waals surface area contributed by atoms with Gasteiger partial charge < -0.3 is 9.64 Å². The number of ether oxygens (including phenoxy) is 1. The molecule has 2 atom stereocenters. The monoisotopic (exact) mass is 370 g/mol. The Bertz CT molecular complexity index is 715. The van der Waals surface area contributed by atoms with E-state index in [4.69, 9.17) is 4.74 Å². The van der Waals surface area contributed by atoms with Crippen molar-refractivity contribution < 1.29 is 22.3 Å². The first-order chi connectivity index (χ1) is 11.9. The van der Waals surface area contributed by atoms with Crippen molar-refractivity contribution in [2.45, 2.75) is 43.2 Å². The van der Waals surface area contributed by atoms with Gasteiger partial charge in [-0.1, -0.05) is 0 Å². The van der Waals surface area contributed by atoms with Crippen molar-refractivity contribution in [3.05, 3.63) is 30.1 Å². The molecule has 1 aliphatic heterocycles. The van der Waals surface area contributed by atoms with Gasteiger partial charge in [0.05, 0.1) is 16.9 Å². The van der Waals surface area contributed by atoms with Crippen LogP contribution < -0.4 is 4.72 Å². The lowest BCUT2D eigenvalue weighted by molar-refractivity contribution is -0.134. The lowest BCUT2D eigenvalue weighted by atomic mass is 10.1. The number of halogens is 1. The van der Waals surface area contributed by atoms with Gasteiger partial charge in [-0.15, -0.1) is 0 Å². The Hall–Kier alpha value is -1.51. The molecule has 0 spiro atoms. The first-order valence-corrected chi connectivity index (χ1v) is 10.1. The largest absolute Gasteiger partial charge is 0.378 e. The van der Waals surface area contributed by atoms with Gasteiger partial charge in [0.2, 0.25) is 15.9 Å². The number of nitrogens with one attached hydrogen (secondary N) is 1. The van der Waals surface area contributed by atoms with Gasteiger partial charge in [0, 0.05) is 25.7 Å². The molecule has 8 heteroatoms. The average Bonchev–Trinajstić information content (AvgIpc) is 3.35. The summed E-state index contributed by atoms with van der Waals surface area (Å²) >= 11 is 0. The summed E-state index contributed by atoms with van der Waals surface area (Å²) in [7, 11) is -3.67. The van der Waals surface area contributed by atoms with Crippen molar-refractivity contribution in [3.63, 3.8) is 0 Å². The van der Waals surface area contributed by atoms with Crippen LogP contribution in [0.2, 0.25) is 0 Å². The van der Waals surface area contributed by atoms with Gasteiger partial charge in [-0.05, 0) is 50.5 Å². The number of hydrogen-bond acceptors (Lipinski definition) is 4. The number of piperidine rings is 1. The van der Waals surface area contributed by atoms with Crippen LogP contribution in [0.1, 0.15) is 26.2 Å². The normalized spacial score (nSPS) is 24.3. The maximum atomic E-state index is 12.9. The molecule has 1 amide bonds. The molecule has 2 aliphatic rings. The van der Waals surface area contributed by atoms with Crippen molar-refractivity contribution in [1.82, 2.24) is 9.62 Å². The molecule has 2 unspecified atom stereocenters. The first-order valence-electron chi connectivity index (χ1n) is 8.59. The van der Waals surface area contributed by atoms with Gasteiger partial charge in [-0.2, -0.15) is 0 Å². The van der Waals surface area contributed by atoms with E-state index in [2.05, 4.69) is 4.72 Å². The molecule has 1 aliphatic carbocycles. The van der Waals surface area contributed by atoms with Crippen LogP contribution in [0.15, 0.2) is 29.2 Å². The van der Waals surface area contributed by atoms with Crippen molar-refractivity contribution in [3.8, 4) is 0 Å². The highest BCUT2D eigenvalue weighted by atomic mass is 32.2. The maximum absolute atomic E-state index is 12.9. The summed E-state index contributed by atoms with van der Waals surface area (Å²) < 4.78 is 45.7. The molecule has 1 aromatic rings. The van der Waals surface area contributed by atoms with E-state index in [0.29, 0.717) is 32.5 Å². The SMILES string of the molecule is CCOC1CC1C(=O)N1CCC(NS(=O)(=O)c2ccc(F)cc2)CC1. The van der Waals surface area contributed by atoms with Crippen molar-refractivity contribution in [2.75, 3.05) is 19.7 Å². The minimum absolute atomic E-state index is 0.0348. The minimum atomic E-state index is -3.67. The van der Waals surface area contributed by atoms with Crippen LogP contribution in [0.3, 0.4) is 0 Å². The summed E-state index contributed by atoms with van der Waals surface area (Å²) in [6, 6.07) is 4.52. The molecular weight excluding hydrogens is 347 g/mol. The van der Waals surface area contributed by atoms with Gasteiger partial charge in [-0.3, -0.25) is 4.79 Å². The van der Waals surface area contributed by atoms with E-state index in [1.165, 1.54) is 12.1 Å². The summed E-state index contributed by atoms with van der Waals surface area (Å²) in [6.07, 6.45) is 1.97. The fraction of sp³-hybridized carbons (Fsp3) is 0.588. The highest BCUT2D eigenvalue weighted by molar-refractivity contribution is 7.89. The quantitative estimate of drug-likeness (QED) is 0.824. The zero-order valence-electron chi connectivity index (χ0n) is 14.2. The molecule has 25 heavy (non-hydrogen) atoms. The topological polar surface area (TPSA) is 75.7 Å². The molecule has 1 N–H and O–H groups in total. The Kier molecular flexibility index (Phi) is 5.41. The third-order valence-corrected chi connectivity index (χ3v) is 6.22. The zero-order valence-corrected chi connectivity index (χ0v) is 15.0. The summed E-state index contributed by atoms with van der Waals surface area (Å²) in [4.78, 5) is 14.2. The van der Waals surface area contributed by atoms with E-state index in [-0.39, 0.29) is 28.9 Å². The molecule has 0 bridgehead atoms. The van der Waals surface area contributed by atoms with Crippen LogP contribution in [0.25, 0.3) is 0 Å². The number of rotatable bonds is 6. The Labute approximate surface area is 147 Å². The van der Waals surface area contributed by atoms with Crippen LogP contribution in [0.5, 0.6) is 0 Å². The van der Waals surface area contributed by atoms with Crippen molar-refractivity contribution >= 4 is 15.9 Å². The van der Waals surface area contributed by atoms with E-state index < -0.39 is 15.8 Å². The Balaban J connectivity index is 1.51. The standard InChI is InChI=1S/C17H23FN2O4S/c1-2-24-16-11-15(16)17(21)20-9-7-13(8-10-20)19-25(22,23)14-5-3-12(18)4-6-14/h3-6,13,15-16,19H,2,7-11H2,1H3. The maximum Gasteiger partial charge on any atom is 0.240 e. The lowest BCUT2D eigenvalue weighted by Gasteiger charge is -2.32. The second-order valence-corrected chi connectivity index (χ2v) is 8.22. The predicted molar refractivity (Wildman–Crippen MR) is 89.8 cm³/mol. The van der Waals surface area contributed by atoms with Gasteiger partial charge in [-0.25, -0.2) is 17.5 Å². The smallest absolute Gasteiger partial charge is 0.240 e. The highest BCUT2D eigenvalue weighted by Gasteiger charge is 2.46. The molecule has 6 nitrogen and oxygen atoms in total. The third kappa shape index (κ3) is 4.37. The number of carbonyl (C=O) groups is 1. The van der Waals surface area contributed by atoms with Crippen molar-refractivity contribution in [1.29, 1.82) is 0 Å². The van der Waals surface area contributed by atoms with Crippen LogP contribution in [0, 0.1) is 11.7 Å². The molecule has 2 fully saturated rings. The van der Waals surface area contributed by atoms with E-state index in [1.54, 1.807) is 4.90 Å². The highest BCUT2D eigenvalue weighted by Crippen LogP contribution is 2.36. The molecule has 3 rings (SSSR count). The summed E-state index contributed by atoms with van der Waals surface area (Å²) in [5.41, 5.74) is 0. The number of sulfonamides is 1. The molecule has 0 aromatic heterocycles. The van der Waals surface area contributed by atoms with E-state index in [1.807, 2.05) is 6.92 Å². The van der Waals surface area contributed by atoms with Crippen LogP contribution >= 0.6 is 0 Å². The number of likely N-dealkylation sites (tertiary alicyclic amines) is 1. The number of benzene rings is 1. The molecular formula is C17H23FN2O4S. The molecule has 1 saturated carbocycles. The van der Waals surface area contributed by atoms with Gasteiger partial charge in [0.15, 0.2) is 0 Å². The van der Waals surface area contributed by atoms with Gasteiger partial charge in [0.25, 0.3) is 0 Å². The summed E-state index contributed by atoms with van der Waals surface area (Å²) in [5.74, 6) is -0.401. The summed E-state index contributed by atoms with van der Waals surface area (Å²) in [5, 5.41) is 0. The Morgan fingerprint density at radius 2 is 1.92 bits per heavy atom. The Morgan fingerprint density at radius 3 is 2.52 bits per heavy atom. The first kappa shape index (κ1) is 18.3. The molecule has 138 valence electrons. The van der Waals surface area contributed by atoms with Gasteiger partial charge >= 0.3 is 0 Å². The number of amides is 1. The minimum Gasteiger partial charge on any atom is -0.378 e.